The number of amides is 1. The van der Waals surface area contributed by atoms with Crippen LogP contribution < -0.4 is 5.32 Å². The highest BCUT2D eigenvalue weighted by molar-refractivity contribution is 7.89. The predicted molar refractivity (Wildman–Crippen MR) is 116 cm³/mol. The number of benzene rings is 2. The first-order chi connectivity index (χ1) is 14.7. The quantitative estimate of drug-likeness (QED) is 0.684. The average Bonchev–Trinajstić information content (AvgIpc) is 2.75. The number of carbonyl (C=O) groups excluding carboxylic acids is 2. The predicted octanol–water partition coefficient (Wildman–Crippen LogP) is 2.43. The van der Waals surface area contributed by atoms with Gasteiger partial charge in [-0.2, -0.15) is 4.31 Å². The van der Waals surface area contributed by atoms with Crippen molar-refractivity contribution in [2.75, 3.05) is 38.2 Å². The van der Waals surface area contributed by atoms with Gasteiger partial charge >= 0.3 is 5.97 Å². The molecule has 1 heterocycles. The zero-order valence-electron chi connectivity index (χ0n) is 17.8. The van der Waals surface area contributed by atoms with Gasteiger partial charge in [-0.05, 0) is 61.7 Å². The topological polar surface area (TPSA) is 102 Å². The van der Waals surface area contributed by atoms with E-state index in [1.54, 1.807) is 19.1 Å². The van der Waals surface area contributed by atoms with Crippen molar-refractivity contribution in [1.82, 2.24) is 4.31 Å². The molecule has 31 heavy (non-hydrogen) atoms. The zero-order valence-corrected chi connectivity index (χ0v) is 18.6. The van der Waals surface area contributed by atoms with E-state index in [-0.39, 0.29) is 23.5 Å². The molecular formula is C22H26N2O6S. The lowest BCUT2D eigenvalue weighted by molar-refractivity contribution is -0.119. The lowest BCUT2D eigenvalue weighted by atomic mass is 10.1. The molecule has 1 N–H and O–H groups in total. The van der Waals surface area contributed by atoms with Crippen LogP contribution in [-0.4, -0.2) is 57.5 Å². The summed E-state index contributed by atoms with van der Waals surface area (Å²) >= 11 is 0. The van der Waals surface area contributed by atoms with Crippen LogP contribution in [0.5, 0.6) is 0 Å². The Morgan fingerprint density at radius 3 is 2.35 bits per heavy atom. The first-order valence-corrected chi connectivity index (χ1v) is 11.4. The number of esters is 1. The summed E-state index contributed by atoms with van der Waals surface area (Å²) in [5.74, 6) is -1.25. The van der Waals surface area contributed by atoms with Crippen LogP contribution in [0.1, 0.15) is 27.0 Å². The van der Waals surface area contributed by atoms with Gasteiger partial charge in [0.15, 0.2) is 6.61 Å². The molecule has 1 aliphatic rings. The van der Waals surface area contributed by atoms with Gasteiger partial charge in [0.25, 0.3) is 5.91 Å². The number of rotatable bonds is 6. The van der Waals surface area contributed by atoms with Crippen LogP contribution in [0.3, 0.4) is 0 Å². The number of sulfonamides is 1. The Morgan fingerprint density at radius 2 is 1.68 bits per heavy atom. The smallest absolute Gasteiger partial charge is 0.338 e. The molecule has 0 unspecified atom stereocenters. The van der Waals surface area contributed by atoms with Crippen LogP contribution in [0.4, 0.5) is 5.69 Å². The van der Waals surface area contributed by atoms with Crippen molar-refractivity contribution in [1.29, 1.82) is 0 Å². The molecule has 166 valence electrons. The molecule has 1 saturated heterocycles. The summed E-state index contributed by atoms with van der Waals surface area (Å²) in [5.41, 5.74) is 3.33. The Balaban J connectivity index is 1.67. The molecule has 0 atom stereocenters. The van der Waals surface area contributed by atoms with E-state index < -0.39 is 28.5 Å². The van der Waals surface area contributed by atoms with Crippen molar-refractivity contribution in [3.8, 4) is 0 Å². The standard InChI is InChI=1S/C22H26N2O6S/c1-15-5-7-19(12-17(15)3)23-21(25)14-30-22(26)18-6-4-16(2)20(13-18)31(27,28)24-8-10-29-11-9-24/h4-7,12-13H,8-11,14H2,1-3H3,(H,23,25). The van der Waals surface area contributed by atoms with Gasteiger partial charge in [0, 0.05) is 18.8 Å². The molecule has 2 aromatic rings. The monoisotopic (exact) mass is 446 g/mol. The molecular weight excluding hydrogens is 420 g/mol. The maximum absolute atomic E-state index is 13.0. The van der Waals surface area contributed by atoms with Crippen LogP contribution >= 0.6 is 0 Å². The number of aryl methyl sites for hydroxylation is 3. The zero-order chi connectivity index (χ0) is 22.6. The number of hydrogen-bond donors (Lipinski definition) is 1. The summed E-state index contributed by atoms with van der Waals surface area (Å²) in [6.45, 7) is 6.27. The first kappa shape index (κ1) is 22.9. The molecule has 0 aromatic heterocycles. The molecule has 9 heteroatoms. The van der Waals surface area contributed by atoms with E-state index in [4.69, 9.17) is 9.47 Å². The summed E-state index contributed by atoms with van der Waals surface area (Å²) in [7, 11) is -3.76. The maximum Gasteiger partial charge on any atom is 0.338 e. The van der Waals surface area contributed by atoms with Crippen molar-refractivity contribution < 1.29 is 27.5 Å². The maximum atomic E-state index is 13.0. The Morgan fingerprint density at radius 1 is 1.00 bits per heavy atom. The molecule has 0 aliphatic carbocycles. The third kappa shape index (κ3) is 5.49. The van der Waals surface area contributed by atoms with Crippen LogP contribution in [0.15, 0.2) is 41.3 Å². The van der Waals surface area contributed by atoms with E-state index in [2.05, 4.69) is 5.32 Å². The third-order valence-corrected chi connectivity index (χ3v) is 7.18. The Hall–Kier alpha value is -2.75. The van der Waals surface area contributed by atoms with Crippen LogP contribution in [0.25, 0.3) is 0 Å². The van der Waals surface area contributed by atoms with E-state index >= 15 is 0 Å². The molecule has 0 spiro atoms. The Bertz CT molecular complexity index is 1090. The van der Waals surface area contributed by atoms with E-state index in [1.165, 1.54) is 16.4 Å². The highest BCUT2D eigenvalue weighted by Crippen LogP contribution is 2.23. The molecule has 3 rings (SSSR count). The minimum atomic E-state index is -3.76. The Kier molecular flexibility index (Phi) is 7.09. The lowest BCUT2D eigenvalue weighted by Gasteiger charge is -2.26. The SMILES string of the molecule is Cc1ccc(NC(=O)COC(=O)c2ccc(C)c(S(=O)(=O)N3CCOCC3)c2)cc1C. The lowest BCUT2D eigenvalue weighted by Crippen LogP contribution is -2.40. The van der Waals surface area contributed by atoms with Crippen LogP contribution in [0, 0.1) is 20.8 Å². The second-order valence-corrected chi connectivity index (χ2v) is 9.33. The fraction of sp³-hybridized carbons (Fsp3) is 0.364. The van der Waals surface area contributed by atoms with Gasteiger partial charge in [-0.25, -0.2) is 13.2 Å². The Labute approximate surface area is 182 Å². The third-order valence-electron chi connectivity index (χ3n) is 5.14. The summed E-state index contributed by atoms with van der Waals surface area (Å²) in [4.78, 5) is 24.6. The molecule has 0 bridgehead atoms. The second-order valence-electron chi connectivity index (χ2n) is 7.42. The number of hydrogen-bond acceptors (Lipinski definition) is 6. The molecule has 0 saturated carbocycles. The molecule has 1 amide bonds. The number of morpholine rings is 1. The van der Waals surface area contributed by atoms with Gasteiger partial charge in [0.05, 0.1) is 23.7 Å². The first-order valence-electron chi connectivity index (χ1n) is 9.91. The van der Waals surface area contributed by atoms with E-state index in [1.807, 2.05) is 26.0 Å². The minimum absolute atomic E-state index is 0.0448. The van der Waals surface area contributed by atoms with Crippen molar-refractivity contribution >= 4 is 27.6 Å². The van der Waals surface area contributed by atoms with Gasteiger partial charge in [0.2, 0.25) is 10.0 Å². The van der Waals surface area contributed by atoms with Crippen LogP contribution in [0.2, 0.25) is 0 Å². The normalized spacial score (nSPS) is 14.8. The van der Waals surface area contributed by atoms with E-state index in [0.29, 0.717) is 24.5 Å². The van der Waals surface area contributed by atoms with Crippen molar-refractivity contribution in [2.24, 2.45) is 0 Å². The average molecular weight is 447 g/mol. The van der Waals surface area contributed by atoms with Gasteiger partial charge in [-0.15, -0.1) is 0 Å². The highest BCUT2D eigenvalue weighted by Gasteiger charge is 2.28. The number of anilines is 1. The second kappa shape index (κ2) is 9.59. The van der Waals surface area contributed by atoms with Gasteiger partial charge in [-0.3, -0.25) is 4.79 Å². The van der Waals surface area contributed by atoms with Crippen LogP contribution in [-0.2, 0) is 24.3 Å². The number of nitrogens with one attached hydrogen (secondary N) is 1. The van der Waals surface area contributed by atoms with Crippen molar-refractivity contribution in [3.63, 3.8) is 0 Å². The number of nitrogens with zero attached hydrogens (tertiary/aromatic N) is 1. The van der Waals surface area contributed by atoms with Crippen molar-refractivity contribution in [3.05, 3.63) is 58.7 Å². The van der Waals surface area contributed by atoms with Gasteiger partial charge in [-0.1, -0.05) is 12.1 Å². The summed E-state index contributed by atoms with van der Waals surface area (Å²) in [6.07, 6.45) is 0. The van der Waals surface area contributed by atoms with Crippen molar-refractivity contribution in [2.45, 2.75) is 25.7 Å². The fourth-order valence-electron chi connectivity index (χ4n) is 3.16. The van der Waals surface area contributed by atoms with Gasteiger partial charge < -0.3 is 14.8 Å². The summed E-state index contributed by atoms with van der Waals surface area (Å²) < 4.78 is 37.6. The number of ether oxygens (including phenoxy) is 2. The fourth-order valence-corrected chi connectivity index (χ4v) is 4.82. The van der Waals surface area contributed by atoms with E-state index in [9.17, 15) is 18.0 Å². The minimum Gasteiger partial charge on any atom is -0.452 e. The molecule has 8 nitrogen and oxygen atoms in total. The largest absolute Gasteiger partial charge is 0.452 e. The summed E-state index contributed by atoms with van der Waals surface area (Å²) in [5, 5.41) is 2.67. The number of carbonyl (C=O) groups is 2. The molecule has 2 aromatic carbocycles. The summed E-state index contributed by atoms with van der Waals surface area (Å²) in [6, 6.07) is 9.82. The molecule has 1 aliphatic heterocycles. The molecule has 1 fully saturated rings. The van der Waals surface area contributed by atoms with Gasteiger partial charge in [0.1, 0.15) is 0 Å². The molecule has 0 radical (unpaired) electrons. The van der Waals surface area contributed by atoms with E-state index in [0.717, 1.165) is 11.1 Å². The highest BCUT2D eigenvalue weighted by atomic mass is 32.2.